The van der Waals surface area contributed by atoms with Gasteiger partial charge < -0.3 is 4.18 Å². The predicted octanol–water partition coefficient (Wildman–Crippen LogP) is 0.526. The van der Waals surface area contributed by atoms with Crippen LogP contribution in [0.3, 0.4) is 0 Å². The summed E-state index contributed by atoms with van der Waals surface area (Å²) >= 11 is 3.30. The maximum atomic E-state index is 10.1. The van der Waals surface area contributed by atoms with Gasteiger partial charge in [0.15, 0.2) is 0 Å². The summed E-state index contributed by atoms with van der Waals surface area (Å²) in [7, 11) is 0. The molecular formula is C4H9NaO2S. The monoisotopic (exact) mass is 144 g/mol. The van der Waals surface area contributed by atoms with E-state index in [1.165, 1.54) is 0 Å². The summed E-state index contributed by atoms with van der Waals surface area (Å²) in [5.74, 6) is -0.258. The summed E-state index contributed by atoms with van der Waals surface area (Å²) in [6, 6.07) is 0. The van der Waals surface area contributed by atoms with Crippen LogP contribution in [0.4, 0.5) is 0 Å². The van der Waals surface area contributed by atoms with E-state index in [0.29, 0.717) is 6.42 Å². The summed E-state index contributed by atoms with van der Waals surface area (Å²) in [5, 5.41) is 0. The number of carbonyl (C=O) groups excluding carboxylic acids is 1. The number of hydrogen-bond donors (Lipinski definition) is 1. The molecular weight excluding hydrogens is 135 g/mol. The molecule has 0 amide bonds. The van der Waals surface area contributed by atoms with Crippen molar-refractivity contribution in [3.8, 4) is 0 Å². The first-order chi connectivity index (χ1) is 3.31. The second-order valence-corrected chi connectivity index (χ2v) is 1.40. The van der Waals surface area contributed by atoms with E-state index in [1.54, 1.807) is 0 Å². The van der Waals surface area contributed by atoms with Gasteiger partial charge >= 0.3 is 35.5 Å². The number of hydrogen-bond acceptors (Lipinski definition) is 3. The minimum atomic E-state index is -0.258. The topological polar surface area (TPSA) is 26.3 Å². The molecule has 0 aliphatic carbocycles. The van der Waals surface area contributed by atoms with Gasteiger partial charge in [-0.25, -0.2) is 0 Å². The minimum absolute atomic E-state index is 0. The quantitative estimate of drug-likeness (QED) is 0.347. The van der Waals surface area contributed by atoms with E-state index >= 15 is 0 Å². The molecule has 0 spiro atoms. The standard InChI is InChI=1S/C4H8O2S.Na.H/c1-2-3-4(5)6-7;;/h7H,2-3H2,1H3;;. The molecule has 0 bridgehead atoms. The van der Waals surface area contributed by atoms with Gasteiger partial charge in [0.25, 0.3) is 0 Å². The van der Waals surface area contributed by atoms with Gasteiger partial charge in [-0.1, -0.05) is 6.92 Å². The van der Waals surface area contributed by atoms with Crippen LogP contribution < -0.4 is 0 Å². The van der Waals surface area contributed by atoms with Crippen molar-refractivity contribution < 1.29 is 8.98 Å². The summed E-state index contributed by atoms with van der Waals surface area (Å²) in [4.78, 5) is 10.1. The molecule has 0 N–H and O–H groups in total. The Kier molecular flexibility index (Phi) is 11.3. The molecule has 0 aromatic heterocycles. The Bertz CT molecular complexity index is 67.1. The predicted molar refractivity (Wildman–Crippen MR) is 37.1 cm³/mol. The fraction of sp³-hybridized carbons (Fsp3) is 0.750. The third-order valence-corrected chi connectivity index (χ3v) is 0.760. The van der Waals surface area contributed by atoms with E-state index in [4.69, 9.17) is 0 Å². The van der Waals surface area contributed by atoms with Crippen molar-refractivity contribution in [1.29, 1.82) is 0 Å². The van der Waals surface area contributed by atoms with Crippen LogP contribution in [0.2, 0.25) is 0 Å². The Hall–Kier alpha value is 0.820. The zero-order valence-electron chi connectivity index (χ0n) is 4.18. The Morgan fingerprint density at radius 1 is 1.75 bits per heavy atom. The molecule has 8 heavy (non-hydrogen) atoms. The SMILES string of the molecule is CCCC(=O)OS.[NaH]. The summed E-state index contributed by atoms with van der Waals surface area (Å²) < 4.78 is 4.05. The van der Waals surface area contributed by atoms with Crippen molar-refractivity contribution in [3.63, 3.8) is 0 Å². The normalized spacial score (nSPS) is 7.25. The molecule has 0 atom stereocenters. The second kappa shape index (κ2) is 7.82. The van der Waals surface area contributed by atoms with E-state index < -0.39 is 0 Å². The van der Waals surface area contributed by atoms with Crippen LogP contribution in [0, 0.1) is 0 Å². The van der Waals surface area contributed by atoms with Gasteiger partial charge in [0.1, 0.15) is 0 Å². The molecule has 0 saturated heterocycles. The van der Waals surface area contributed by atoms with Crippen LogP contribution in [0.15, 0.2) is 0 Å². The van der Waals surface area contributed by atoms with Gasteiger partial charge in [0.05, 0.1) is 0 Å². The van der Waals surface area contributed by atoms with Gasteiger partial charge in [0.2, 0.25) is 0 Å². The molecule has 0 aliphatic heterocycles. The summed E-state index contributed by atoms with van der Waals surface area (Å²) in [6.45, 7) is 1.91. The molecule has 4 heteroatoms. The van der Waals surface area contributed by atoms with Crippen molar-refractivity contribution in [1.82, 2.24) is 0 Å². The van der Waals surface area contributed by atoms with Crippen molar-refractivity contribution in [2.24, 2.45) is 0 Å². The molecule has 44 valence electrons. The third kappa shape index (κ3) is 6.82. The van der Waals surface area contributed by atoms with E-state index in [9.17, 15) is 4.79 Å². The van der Waals surface area contributed by atoms with E-state index in [0.717, 1.165) is 6.42 Å². The molecule has 0 aliphatic rings. The van der Waals surface area contributed by atoms with Gasteiger partial charge in [0, 0.05) is 19.3 Å². The van der Waals surface area contributed by atoms with Crippen molar-refractivity contribution >= 4 is 48.4 Å². The fourth-order valence-electron chi connectivity index (χ4n) is 0.250. The second-order valence-electron chi connectivity index (χ2n) is 1.21. The summed E-state index contributed by atoms with van der Waals surface area (Å²) in [5.41, 5.74) is 0. The zero-order valence-corrected chi connectivity index (χ0v) is 5.07. The number of carbonyl (C=O) groups is 1. The molecule has 2 nitrogen and oxygen atoms in total. The van der Waals surface area contributed by atoms with E-state index in [2.05, 4.69) is 17.1 Å². The molecule has 0 radical (unpaired) electrons. The Morgan fingerprint density at radius 3 is 2.38 bits per heavy atom. The number of thiol groups is 1. The van der Waals surface area contributed by atoms with Crippen LogP contribution in [0.5, 0.6) is 0 Å². The molecule has 0 fully saturated rings. The Balaban J connectivity index is 0. The van der Waals surface area contributed by atoms with Crippen LogP contribution in [0.1, 0.15) is 19.8 Å². The molecule has 0 saturated carbocycles. The van der Waals surface area contributed by atoms with Gasteiger partial charge in [-0.05, 0) is 6.42 Å². The molecule has 0 heterocycles. The molecule has 0 aromatic rings. The van der Waals surface area contributed by atoms with Crippen LogP contribution in [-0.2, 0) is 8.98 Å². The van der Waals surface area contributed by atoms with Gasteiger partial charge in [-0.2, -0.15) is 0 Å². The first-order valence-corrected chi connectivity index (χ1v) is 2.52. The average molecular weight is 144 g/mol. The number of rotatable bonds is 2. The Morgan fingerprint density at radius 2 is 2.25 bits per heavy atom. The maximum absolute atomic E-state index is 10.1. The van der Waals surface area contributed by atoms with Gasteiger partial charge in [-0.3, -0.25) is 4.79 Å². The first-order valence-electron chi connectivity index (χ1n) is 2.15. The van der Waals surface area contributed by atoms with E-state index in [-0.39, 0.29) is 35.5 Å². The third-order valence-electron chi connectivity index (χ3n) is 0.556. The molecule has 0 unspecified atom stereocenters. The van der Waals surface area contributed by atoms with Crippen molar-refractivity contribution in [2.45, 2.75) is 19.8 Å². The molecule has 0 rings (SSSR count). The van der Waals surface area contributed by atoms with Crippen LogP contribution in [-0.4, -0.2) is 35.5 Å². The Labute approximate surface area is 76.9 Å². The van der Waals surface area contributed by atoms with E-state index in [1.807, 2.05) is 6.92 Å². The molecule has 0 aromatic carbocycles. The zero-order chi connectivity index (χ0) is 5.70. The average Bonchev–Trinajstić information content (AvgIpc) is 1.68. The van der Waals surface area contributed by atoms with Crippen molar-refractivity contribution in [2.75, 3.05) is 0 Å². The van der Waals surface area contributed by atoms with Crippen molar-refractivity contribution in [3.05, 3.63) is 0 Å². The van der Waals surface area contributed by atoms with Crippen LogP contribution in [0.25, 0.3) is 0 Å². The summed E-state index contributed by atoms with van der Waals surface area (Å²) in [6.07, 6.45) is 1.28. The van der Waals surface area contributed by atoms with Crippen LogP contribution >= 0.6 is 12.9 Å². The first kappa shape index (κ1) is 11.6. The van der Waals surface area contributed by atoms with Gasteiger partial charge in [-0.15, -0.1) is 0 Å². The fourth-order valence-corrected chi connectivity index (χ4v) is 0.341.